The van der Waals surface area contributed by atoms with Crippen LogP contribution in [-0.4, -0.2) is 11.7 Å². The Bertz CT molecular complexity index is 547. The van der Waals surface area contributed by atoms with Crippen LogP contribution in [0, 0.1) is 5.82 Å². The molecule has 0 heterocycles. The molecule has 2 aromatic carbocycles. The van der Waals surface area contributed by atoms with Gasteiger partial charge in [0.15, 0.2) is 0 Å². The third-order valence-electron chi connectivity index (χ3n) is 3.16. The Morgan fingerprint density at radius 2 is 1.79 bits per heavy atom. The fraction of sp³-hybridized carbons (Fsp3) is 0.200. The summed E-state index contributed by atoms with van der Waals surface area (Å²) in [6.45, 7) is 0.286. The van der Waals surface area contributed by atoms with Crippen molar-refractivity contribution >= 4 is 15.9 Å². The molecule has 0 fully saturated rings. The van der Waals surface area contributed by atoms with Crippen molar-refractivity contribution < 1.29 is 9.50 Å². The molecule has 0 radical (unpaired) electrons. The molecular formula is C15H15BrFNO. The largest absolute Gasteiger partial charge is 0.388 e. The third kappa shape index (κ3) is 3.03. The molecule has 0 saturated carbocycles. The van der Waals surface area contributed by atoms with Crippen molar-refractivity contribution in [3.8, 4) is 0 Å². The van der Waals surface area contributed by atoms with Gasteiger partial charge in [-0.25, -0.2) is 4.39 Å². The van der Waals surface area contributed by atoms with Gasteiger partial charge in [0, 0.05) is 12.5 Å². The molecule has 0 amide bonds. The quantitative estimate of drug-likeness (QED) is 0.906. The van der Waals surface area contributed by atoms with Gasteiger partial charge in [-0.05, 0) is 33.1 Å². The van der Waals surface area contributed by atoms with Crippen LogP contribution in [0.2, 0.25) is 0 Å². The van der Waals surface area contributed by atoms with E-state index in [1.807, 2.05) is 30.3 Å². The van der Waals surface area contributed by atoms with E-state index in [1.54, 1.807) is 12.1 Å². The third-order valence-corrected chi connectivity index (χ3v) is 4.00. The van der Waals surface area contributed by atoms with Crippen LogP contribution in [-0.2, 0) is 0 Å². The Labute approximate surface area is 120 Å². The maximum atomic E-state index is 13.5. The van der Waals surface area contributed by atoms with Crippen LogP contribution < -0.4 is 5.73 Å². The summed E-state index contributed by atoms with van der Waals surface area (Å²) < 4.78 is 13.8. The SMILES string of the molecule is NCC(c1ccccc1)C(O)c1cccc(F)c1Br. The van der Waals surface area contributed by atoms with Gasteiger partial charge in [0.25, 0.3) is 0 Å². The molecule has 4 heteroatoms. The fourth-order valence-corrected chi connectivity index (χ4v) is 2.61. The number of aliphatic hydroxyl groups is 1. The molecule has 2 aromatic rings. The van der Waals surface area contributed by atoms with E-state index in [4.69, 9.17) is 5.73 Å². The number of hydrogen-bond acceptors (Lipinski definition) is 2. The van der Waals surface area contributed by atoms with Crippen molar-refractivity contribution in [1.29, 1.82) is 0 Å². The monoisotopic (exact) mass is 323 g/mol. The van der Waals surface area contributed by atoms with Crippen molar-refractivity contribution in [2.45, 2.75) is 12.0 Å². The lowest BCUT2D eigenvalue weighted by molar-refractivity contribution is 0.146. The highest BCUT2D eigenvalue weighted by molar-refractivity contribution is 9.10. The number of aliphatic hydroxyl groups excluding tert-OH is 1. The van der Waals surface area contributed by atoms with Gasteiger partial charge in [0.2, 0.25) is 0 Å². The molecule has 19 heavy (non-hydrogen) atoms. The predicted octanol–water partition coefficient (Wildman–Crippen LogP) is 3.36. The van der Waals surface area contributed by atoms with E-state index in [0.29, 0.717) is 5.56 Å². The van der Waals surface area contributed by atoms with Gasteiger partial charge in [-0.1, -0.05) is 42.5 Å². The van der Waals surface area contributed by atoms with Gasteiger partial charge >= 0.3 is 0 Å². The Morgan fingerprint density at radius 1 is 1.11 bits per heavy atom. The summed E-state index contributed by atoms with van der Waals surface area (Å²) in [4.78, 5) is 0. The minimum atomic E-state index is -0.850. The molecule has 0 bridgehead atoms. The van der Waals surface area contributed by atoms with Crippen molar-refractivity contribution in [1.82, 2.24) is 0 Å². The fourth-order valence-electron chi connectivity index (χ4n) is 2.11. The second-order valence-corrected chi connectivity index (χ2v) is 5.13. The van der Waals surface area contributed by atoms with E-state index < -0.39 is 6.10 Å². The molecule has 2 nitrogen and oxygen atoms in total. The maximum absolute atomic E-state index is 13.5. The lowest BCUT2D eigenvalue weighted by Crippen LogP contribution is -2.20. The summed E-state index contributed by atoms with van der Waals surface area (Å²) in [7, 11) is 0. The zero-order valence-electron chi connectivity index (χ0n) is 10.3. The molecule has 2 atom stereocenters. The first kappa shape index (κ1) is 14.2. The molecule has 0 aliphatic carbocycles. The van der Waals surface area contributed by atoms with Gasteiger partial charge in [-0.3, -0.25) is 0 Å². The van der Waals surface area contributed by atoms with Gasteiger partial charge in [0.1, 0.15) is 5.82 Å². The number of nitrogens with two attached hydrogens (primary N) is 1. The standard InChI is InChI=1S/C15H15BrFNO/c16-14-11(7-4-8-13(14)17)15(19)12(9-18)10-5-2-1-3-6-10/h1-8,12,15,19H,9,18H2. The minimum absolute atomic E-state index is 0.265. The average molecular weight is 324 g/mol. The number of hydrogen-bond donors (Lipinski definition) is 2. The maximum Gasteiger partial charge on any atom is 0.137 e. The smallest absolute Gasteiger partial charge is 0.137 e. The summed E-state index contributed by atoms with van der Waals surface area (Å²) in [6.07, 6.45) is -0.850. The Kier molecular flexibility index (Phi) is 4.69. The van der Waals surface area contributed by atoms with Crippen LogP contribution in [0.4, 0.5) is 4.39 Å². The Balaban J connectivity index is 2.36. The first-order valence-corrected chi connectivity index (χ1v) is 6.81. The van der Waals surface area contributed by atoms with Gasteiger partial charge < -0.3 is 10.8 Å². The minimum Gasteiger partial charge on any atom is -0.388 e. The normalized spacial score (nSPS) is 14.1. The first-order valence-electron chi connectivity index (χ1n) is 6.02. The molecule has 3 N–H and O–H groups in total. The van der Waals surface area contributed by atoms with Crippen LogP contribution in [0.5, 0.6) is 0 Å². The van der Waals surface area contributed by atoms with Gasteiger partial charge in [0.05, 0.1) is 10.6 Å². The molecule has 0 aliphatic rings. The molecule has 0 aliphatic heterocycles. The van der Waals surface area contributed by atoms with E-state index in [2.05, 4.69) is 15.9 Å². The van der Waals surface area contributed by atoms with Gasteiger partial charge in [-0.2, -0.15) is 0 Å². The van der Waals surface area contributed by atoms with Crippen LogP contribution in [0.3, 0.4) is 0 Å². The summed E-state index contributed by atoms with van der Waals surface area (Å²) >= 11 is 3.18. The van der Waals surface area contributed by atoms with E-state index >= 15 is 0 Å². The van der Waals surface area contributed by atoms with Crippen LogP contribution in [0.1, 0.15) is 23.1 Å². The predicted molar refractivity (Wildman–Crippen MR) is 77.3 cm³/mol. The average Bonchev–Trinajstić information content (AvgIpc) is 2.44. The summed E-state index contributed by atoms with van der Waals surface area (Å²) in [5.74, 6) is -0.653. The van der Waals surface area contributed by atoms with Crippen LogP contribution in [0.25, 0.3) is 0 Å². The second kappa shape index (κ2) is 6.28. The number of halogens is 2. The van der Waals surface area contributed by atoms with Crippen molar-refractivity contribution in [3.05, 3.63) is 69.9 Å². The molecule has 2 rings (SSSR count). The van der Waals surface area contributed by atoms with E-state index in [0.717, 1.165) is 5.56 Å². The van der Waals surface area contributed by atoms with E-state index in [9.17, 15) is 9.50 Å². The topological polar surface area (TPSA) is 46.2 Å². The molecular weight excluding hydrogens is 309 g/mol. The van der Waals surface area contributed by atoms with Crippen molar-refractivity contribution in [2.75, 3.05) is 6.54 Å². The molecule has 100 valence electrons. The molecule has 0 aromatic heterocycles. The van der Waals surface area contributed by atoms with Crippen molar-refractivity contribution in [2.24, 2.45) is 5.73 Å². The number of benzene rings is 2. The zero-order valence-corrected chi connectivity index (χ0v) is 11.8. The number of rotatable bonds is 4. The van der Waals surface area contributed by atoms with Crippen LogP contribution in [0.15, 0.2) is 53.0 Å². The van der Waals surface area contributed by atoms with E-state index in [-0.39, 0.29) is 22.8 Å². The lowest BCUT2D eigenvalue weighted by atomic mass is 9.89. The highest BCUT2D eigenvalue weighted by atomic mass is 79.9. The Morgan fingerprint density at radius 3 is 2.42 bits per heavy atom. The summed E-state index contributed by atoms with van der Waals surface area (Å²) in [6, 6.07) is 14.1. The highest BCUT2D eigenvalue weighted by Crippen LogP contribution is 2.34. The molecule has 0 saturated heterocycles. The summed E-state index contributed by atoms with van der Waals surface area (Å²) in [5, 5.41) is 10.5. The highest BCUT2D eigenvalue weighted by Gasteiger charge is 2.24. The van der Waals surface area contributed by atoms with Crippen LogP contribution >= 0.6 is 15.9 Å². The Hall–Kier alpha value is -1.23. The lowest BCUT2D eigenvalue weighted by Gasteiger charge is -2.23. The van der Waals surface area contributed by atoms with Gasteiger partial charge in [-0.15, -0.1) is 0 Å². The molecule has 0 spiro atoms. The van der Waals surface area contributed by atoms with Crippen molar-refractivity contribution in [3.63, 3.8) is 0 Å². The van der Waals surface area contributed by atoms with E-state index in [1.165, 1.54) is 6.07 Å². The second-order valence-electron chi connectivity index (χ2n) is 4.34. The first-order chi connectivity index (χ1) is 9.15. The zero-order chi connectivity index (χ0) is 13.8. The summed E-state index contributed by atoms with van der Waals surface area (Å²) in [5.41, 5.74) is 7.21. The molecule has 2 unspecified atom stereocenters.